The molecule has 1 aliphatic heterocycles. The van der Waals surface area contributed by atoms with Crippen molar-refractivity contribution >= 4 is 5.91 Å². The van der Waals surface area contributed by atoms with Crippen LogP contribution < -0.4 is 10.6 Å². The molecule has 1 aromatic rings. The van der Waals surface area contributed by atoms with Crippen molar-refractivity contribution in [2.45, 2.75) is 31.7 Å². The highest BCUT2D eigenvalue weighted by Gasteiger charge is 2.22. The van der Waals surface area contributed by atoms with Crippen molar-refractivity contribution in [3.8, 4) is 0 Å². The van der Waals surface area contributed by atoms with E-state index in [1.807, 2.05) is 30.3 Å². The quantitative estimate of drug-likeness (QED) is 0.829. The van der Waals surface area contributed by atoms with Crippen molar-refractivity contribution < 1.29 is 4.79 Å². The molecule has 0 saturated carbocycles. The first-order chi connectivity index (χ1) is 8.31. The van der Waals surface area contributed by atoms with Gasteiger partial charge in [-0.25, -0.2) is 0 Å². The molecule has 1 amide bonds. The summed E-state index contributed by atoms with van der Waals surface area (Å²) in [4.78, 5) is 12.2. The highest BCUT2D eigenvalue weighted by atomic mass is 16.1. The molecular formula is C14H20N2O. The number of amides is 1. The number of rotatable bonds is 4. The average molecular weight is 232 g/mol. The van der Waals surface area contributed by atoms with Crippen molar-refractivity contribution in [2.75, 3.05) is 13.1 Å². The molecule has 0 bridgehead atoms. The van der Waals surface area contributed by atoms with E-state index in [-0.39, 0.29) is 11.8 Å². The zero-order valence-electron chi connectivity index (χ0n) is 10.3. The number of nitrogens with one attached hydrogen (secondary N) is 2. The van der Waals surface area contributed by atoms with Crippen LogP contribution in [-0.2, 0) is 4.79 Å². The summed E-state index contributed by atoms with van der Waals surface area (Å²) in [6, 6.07) is 10.3. The summed E-state index contributed by atoms with van der Waals surface area (Å²) in [5.74, 6) is 0.143. The Balaban J connectivity index is 2.00. The molecule has 1 aliphatic rings. The van der Waals surface area contributed by atoms with Gasteiger partial charge in [0, 0.05) is 12.6 Å². The Kier molecular flexibility index (Phi) is 4.15. The Morgan fingerprint density at radius 3 is 2.82 bits per heavy atom. The lowest BCUT2D eigenvalue weighted by molar-refractivity contribution is -0.123. The summed E-state index contributed by atoms with van der Waals surface area (Å²) in [5.41, 5.74) is 1.11. The lowest BCUT2D eigenvalue weighted by atomic mass is 9.95. The van der Waals surface area contributed by atoms with E-state index in [0.717, 1.165) is 31.5 Å². The van der Waals surface area contributed by atoms with Gasteiger partial charge in [-0.15, -0.1) is 0 Å². The fourth-order valence-corrected chi connectivity index (χ4v) is 2.34. The predicted molar refractivity (Wildman–Crippen MR) is 68.9 cm³/mol. The van der Waals surface area contributed by atoms with Gasteiger partial charge in [0.05, 0.1) is 5.92 Å². The van der Waals surface area contributed by atoms with Crippen LogP contribution in [0.25, 0.3) is 0 Å². The Morgan fingerprint density at radius 2 is 2.24 bits per heavy atom. The monoisotopic (exact) mass is 232 g/mol. The molecule has 2 rings (SSSR count). The normalized spacial score (nSPS) is 21.1. The van der Waals surface area contributed by atoms with Gasteiger partial charge in [-0.1, -0.05) is 37.3 Å². The molecule has 0 radical (unpaired) electrons. The van der Waals surface area contributed by atoms with Crippen LogP contribution in [0.15, 0.2) is 30.3 Å². The number of hydrogen-bond donors (Lipinski definition) is 2. The second-order valence-corrected chi connectivity index (χ2v) is 4.57. The Hall–Kier alpha value is -1.35. The van der Waals surface area contributed by atoms with Crippen LogP contribution in [0.2, 0.25) is 0 Å². The fourth-order valence-electron chi connectivity index (χ4n) is 2.34. The van der Waals surface area contributed by atoms with E-state index in [9.17, 15) is 4.79 Å². The highest BCUT2D eigenvalue weighted by molar-refractivity contribution is 5.83. The van der Waals surface area contributed by atoms with Crippen LogP contribution in [0.1, 0.15) is 31.2 Å². The fraction of sp³-hybridized carbons (Fsp3) is 0.500. The molecule has 1 saturated heterocycles. The maximum absolute atomic E-state index is 12.2. The van der Waals surface area contributed by atoms with Crippen molar-refractivity contribution in [3.05, 3.63) is 35.9 Å². The van der Waals surface area contributed by atoms with Gasteiger partial charge in [0.25, 0.3) is 0 Å². The lowest BCUT2D eigenvalue weighted by Crippen LogP contribution is -2.39. The minimum absolute atomic E-state index is 0.0169. The maximum Gasteiger partial charge on any atom is 0.227 e. The largest absolute Gasteiger partial charge is 0.352 e. The molecule has 3 nitrogen and oxygen atoms in total. The molecule has 1 heterocycles. The summed E-state index contributed by atoms with van der Waals surface area (Å²) in [5, 5.41) is 6.39. The van der Waals surface area contributed by atoms with Crippen LogP contribution in [0.5, 0.6) is 0 Å². The molecule has 0 aliphatic carbocycles. The maximum atomic E-state index is 12.2. The molecule has 17 heavy (non-hydrogen) atoms. The van der Waals surface area contributed by atoms with Crippen LogP contribution in [0.4, 0.5) is 0 Å². The third kappa shape index (κ3) is 3.07. The van der Waals surface area contributed by atoms with Gasteiger partial charge >= 0.3 is 0 Å². The van der Waals surface area contributed by atoms with E-state index in [1.165, 1.54) is 0 Å². The number of carbonyl (C=O) groups excluding carboxylic acids is 1. The first-order valence-corrected chi connectivity index (χ1v) is 6.37. The first kappa shape index (κ1) is 12.1. The smallest absolute Gasteiger partial charge is 0.227 e. The predicted octanol–water partition coefficient (Wildman–Crippen LogP) is 1.66. The molecule has 2 N–H and O–H groups in total. The third-order valence-corrected chi connectivity index (χ3v) is 3.33. The summed E-state index contributed by atoms with van der Waals surface area (Å²) in [7, 11) is 0. The zero-order valence-corrected chi connectivity index (χ0v) is 10.3. The molecule has 92 valence electrons. The van der Waals surface area contributed by atoms with E-state index in [4.69, 9.17) is 0 Å². The summed E-state index contributed by atoms with van der Waals surface area (Å²) in [6.45, 7) is 3.97. The van der Waals surface area contributed by atoms with Crippen LogP contribution in [0.3, 0.4) is 0 Å². The Labute approximate surface area is 103 Å². The zero-order chi connectivity index (χ0) is 12.1. The molecule has 1 aromatic carbocycles. The Morgan fingerprint density at radius 1 is 1.47 bits per heavy atom. The lowest BCUT2D eigenvalue weighted by Gasteiger charge is -2.18. The number of hydrogen-bond acceptors (Lipinski definition) is 2. The molecule has 1 fully saturated rings. The molecule has 0 aromatic heterocycles. The topological polar surface area (TPSA) is 41.1 Å². The Bertz CT molecular complexity index is 358. The minimum atomic E-state index is -0.0169. The summed E-state index contributed by atoms with van der Waals surface area (Å²) >= 11 is 0. The van der Waals surface area contributed by atoms with E-state index in [1.54, 1.807) is 0 Å². The van der Waals surface area contributed by atoms with Crippen molar-refractivity contribution in [1.82, 2.24) is 10.6 Å². The highest BCUT2D eigenvalue weighted by Crippen LogP contribution is 2.19. The van der Waals surface area contributed by atoms with Gasteiger partial charge in [0.1, 0.15) is 0 Å². The third-order valence-electron chi connectivity index (χ3n) is 3.33. The van der Waals surface area contributed by atoms with Gasteiger partial charge in [0.15, 0.2) is 0 Å². The van der Waals surface area contributed by atoms with Gasteiger partial charge in [-0.05, 0) is 24.9 Å². The molecule has 2 atom stereocenters. The molecular weight excluding hydrogens is 212 g/mol. The average Bonchev–Trinajstić information content (AvgIpc) is 2.84. The van der Waals surface area contributed by atoms with Gasteiger partial charge in [-0.3, -0.25) is 4.79 Å². The van der Waals surface area contributed by atoms with Gasteiger partial charge in [-0.2, -0.15) is 0 Å². The molecule has 1 unspecified atom stereocenters. The van der Waals surface area contributed by atoms with Gasteiger partial charge < -0.3 is 10.6 Å². The summed E-state index contributed by atoms with van der Waals surface area (Å²) in [6.07, 6.45) is 1.88. The minimum Gasteiger partial charge on any atom is -0.352 e. The molecule has 3 heteroatoms. The standard InChI is InChI=1S/C14H20N2O/c1-2-13(11-6-4-3-5-7-11)14(17)16-12-8-9-15-10-12/h3-7,12-13,15H,2,8-10H2,1H3,(H,16,17)/t12-,13?/m0/s1. The molecule has 0 spiro atoms. The van der Waals surface area contributed by atoms with Crippen LogP contribution >= 0.6 is 0 Å². The van der Waals surface area contributed by atoms with Crippen molar-refractivity contribution in [2.24, 2.45) is 0 Å². The van der Waals surface area contributed by atoms with Crippen LogP contribution in [-0.4, -0.2) is 25.0 Å². The second kappa shape index (κ2) is 5.82. The van der Waals surface area contributed by atoms with Gasteiger partial charge in [0.2, 0.25) is 5.91 Å². The number of benzene rings is 1. The van der Waals surface area contributed by atoms with E-state index in [2.05, 4.69) is 17.6 Å². The van der Waals surface area contributed by atoms with E-state index >= 15 is 0 Å². The van der Waals surface area contributed by atoms with Crippen LogP contribution in [0, 0.1) is 0 Å². The SMILES string of the molecule is CCC(C(=O)N[C@H]1CCNC1)c1ccccc1. The van der Waals surface area contributed by atoms with Crippen molar-refractivity contribution in [1.29, 1.82) is 0 Å². The summed E-state index contributed by atoms with van der Waals surface area (Å²) < 4.78 is 0. The van der Waals surface area contributed by atoms with E-state index < -0.39 is 0 Å². The second-order valence-electron chi connectivity index (χ2n) is 4.57. The number of carbonyl (C=O) groups is 1. The first-order valence-electron chi connectivity index (χ1n) is 6.37. The van der Waals surface area contributed by atoms with Crippen molar-refractivity contribution in [3.63, 3.8) is 0 Å². The van der Waals surface area contributed by atoms with E-state index in [0.29, 0.717) is 6.04 Å².